The highest BCUT2D eigenvalue weighted by molar-refractivity contribution is 9.10. The van der Waals surface area contributed by atoms with Crippen LogP contribution in [0, 0.1) is 0 Å². The van der Waals surface area contributed by atoms with Gasteiger partial charge < -0.3 is 10.1 Å². The Bertz CT molecular complexity index is 446. The summed E-state index contributed by atoms with van der Waals surface area (Å²) < 4.78 is 77.4. The molecule has 0 heterocycles. The summed E-state index contributed by atoms with van der Waals surface area (Å²) in [6.07, 6.45) is -8.91. The molecule has 1 N–H and O–H groups in total. The number of halogens is 7. The van der Waals surface area contributed by atoms with E-state index in [0.717, 1.165) is 12.1 Å². The van der Waals surface area contributed by atoms with Gasteiger partial charge in [-0.3, -0.25) is 0 Å². The summed E-state index contributed by atoms with van der Waals surface area (Å²) in [6.45, 7) is -1.70. The molecule has 1 aromatic carbocycles. The van der Waals surface area contributed by atoms with Gasteiger partial charge in [-0.05, 0) is 18.2 Å². The standard InChI is InChI=1S/C11H10BrF6NO/c12-8-3-7(11(16,17)18)4-9(5-8)19-1-2-20-6-10(13,14)15/h3-5,19H,1-2,6H2. The minimum atomic E-state index is -4.49. The molecule has 1 aromatic rings. The Morgan fingerprint density at radius 2 is 1.70 bits per heavy atom. The first-order valence-electron chi connectivity index (χ1n) is 5.34. The van der Waals surface area contributed by atoms with Crippen LogP contribution in [0.3, 0.4) is 0 Å². The zero-order chi connectivity index (χ0) is 15.4. The summed E-state index contributed by atoms with van der Waals surface area (Å²) >= 11 is 2.93. The monoisotopic (exact) mass is 365 g/mol. The number of rotatable bonds is 5. The van der Waals surface area contributed by atoms with Crippen LogP contribution in [0.2, 0.25) is 0 Å². The Hall–Kier alpha value is -0.960. The molecule has 0 saturated heterocycles. The maximum absolute atomic E-state index is 12.5. The summed E-state index contributed by atoms with van der Waals surface area (Å²) in [5.41, 5.74) is -0.715. The van der Waals surface area contributed by atoms with Gasteiger partial charge in [0.25, 0.3) is 0 Å². The highest BCUT2D eigenvalue weighted by atomic mass is 79.9. The molecule has 0 aliphatic heterocycles. The normalized spacial score (nSPS) is 12.6. The van der Waals surface area contributed by atoms with Gasteiger partial charge in [0.05, 0.1) is 12.2 Å². The number of hydrogen-bond donors (Lipinski definition) is 1. The molecule has 0 atom stereocenters. The molecule has 20 heavy (non-hydrogen) atoms. The van der Waals surface area contributed by atoms with E-state index in [2.05, 4.69) is 26.0 Å². The van der Waals surface area contributed by atoms with E-state index in [1.807, 2.05) is 0 Å². The fourth-order valence-corrected chi connectivity index (χ4v) is 1.80. The van der Waals surface area contributed by atoms with Crippen LogP contribution in [0.4, 0.5) is 32.0 Å². The van der Waals surface area contributed by atoms with Crippen molar-refractivity contribution in [3.8, 4) is 0 Å². The van der Waals surface area contributed by atoms with Gasteiger partial charge >= 0.3 is 12.4 Å². The molecule has 0 aliphatic rings. The second-order valence-corrected chi connectivity index (χ2v) is 4.74. The summed E-state index contributed by atoms with van der Waals surface area (Å²) in [5, 5.41) is 2.56. The number of ether oxygens (including phenoxy) is 1. The highest BCUT2D eigenvalue weighted by Gasteiger charge is 2.31. The van der Waals surface area contributed by atoms with Crippen LogP contribution in [0.15, 0.2) is 22.7 Å². The Labute approximate surface area is 119 Å². The number of alkyl halides is 6. The molecular formula is C11H10BrF6NO. The summed E-state index contributed by atoms with van der Waals surface area (Å²) in [7, 11) is 0. The van der Waals surface area contributed by atoms with Crippen molar-refractivity contribution in [1.29, 1.82) is 0 Å². The van der Waals surface area contributed by atoms with E-state index >= 15 is 0 Å². The average molecular weight is 366 g/mol. The maximum Gasteiger partial charge on any atom is 0.416 e. The van der Waals surface area contributed by atoms with Gasteiger partial charge in [-0.15, -0.1) is 0 Å². The second kappa shape index (κ2) is 6.66. The van der Waals surface area contributed by atoms with Gasteiger partial charge in [0.2, 0.25) is 0 Å². The van der Waals surface area contributed by atoms with Gasteiger partial charge in [0, 0.05) is 16.7 Å². The number of anilines is 1. The van der Waals surface area contributed by atoms with Crippen molar-refractivity contribution in [1.82, 2.24) is 0 Å². The summed E-state index contributed by atoms with van der Waals surface area (Å²) in [6, 6.07) is 3.17. The first kappa shape index (κ1) is 17.1. The van der Waals surface area contributed by atoms with Crippen LogP contribution in [-0.4, -0.2) is 25.9 Å². The lowest BCUT2D eigenvalue weighted by atomic mass is 10.2. The molecule has 0 saturated carbocycles. The Kier molecular flexibility index (Phi) is 5.69. The third-order valence-corrected chi connectivity index (χ3v) is 2.52. The van der Waals surface area contributed by atoms with Crippen molar-refractivity contribution in [2.45, 2.75) is 12.4 Å². The predicted molar refractivity (Wildman–Crippen MR) is 64.5 cm³/mol. The molecule has 0 fully saturated rings. The smallest absolute Gasteiger partial charge is 0.383 e. The van der Waals surface area contributed by atoms with E-state index in [9.17, 15) is 26.3 Å². The summed E-state index contributed by atoms with van der Waals surface area (Å²) in [5.74, 6) is 0. The van der Waals surface area contributed by atoms with E-state index in [0.29, 0.717) is 0 Å². The van der Waals surface area contributed by atoms with Crippen molar-refractivity contribution in [3.63, 3.8) is 0 Å². The molecular weight excluding hydrogens is 356 g/mol. The van der Waals surface area contributed by atoms with E-state index in [4.69, 9.17) is 0 Å². The molecule has 9 heteroatoms. The highest BCUT2D eigenvalue weighted by Crippen LogP contribution is 2.33. The first-order chi connectivity index (χ1) is 9.08. The fourth-order valence-electron chi connectivity index (χ4n) is 1.31. The van der Waals surface area contributed by atoms with E-state index in [1.165, 1.54) is 6.07 Å². The van der Waals surface area contributed by atoms with Crippen molar-refractivity contribution in [3.05, 3.63) is 28.2 Å². The molecule has 0 unspecified atom stereocenters. The third-order valence-electron chi connectivity index (χ3n) is 2.07. The minimum absolute atomic E-state index is 0.0379. The largest absolute Gasteiger partial charge is 0.416 e. The van der Waals surface area contributed by atoms with Crippen LogP contribution < -0.4 is 5.32 Å². The number of nitrogens with one attached hydrogen (secondary N) is 1. The van der Waals surface area contributed by atoms with Crippen molar-refractivity contribution < 1.29 is 31.1 Å². The van der Waals surface area contributed by atoms with Gasteiger partial charge in [-0.1, -0.05) is 15.9 Å². The fraction of sp³-hybridized carbons (Fsp3) is 0.455. The van der Waals surface area contributed by atoms with Crippen LogP contribution in [0.5, 0.6) is 0 Å². The van der Waals surface area contributed by atoms with Crippen molar-refractivity contribution in [2.75, 3.05) is 25.1 Å². The minimum Gasteiger partial charge on any atom is -0.383 e. The summed E-state index contributed by atoms with van der Waals surface area (Å²) in [4.78, 5) is 0. The molecule has 0 bridgehead atoms. The number of benzene rings is 1. The quantitative estimate of drug-likeness (QED) is 0.614. The lowest BCUT2D eigenvalue weighted by Gasteiger charge is -2.12. The van der Waals surface area contributed by atoms with E-state index in [1.54, 1.807) is 0 Å². The predicted octanol–water partition coefficient (Wildman–Crippen LogP) is 4.46. The van der Waals surface area contributed by atoms with Crippen LogP contribution >= 0.6 is 15.9 Å². The maximum atomic E-state index is 12.5. The lowest BCUT2D eigenvalue weighted by molar-refractivity contribution is -0.172. The zero-order valence-corrected chi connectivity index (χ0v) is 11.5. The van der Waals surface area contributed by atoms with Crippen LogP contribution in [-0.2, 0) is 10.9 Å². The van der Waals surface area contributed by atoms with Gasteiger partial charge in [-0.2, -0.15) is 26.3 Å². The Balaban J connectivity index is 2.50. The van der Waals surface area contributed by atoms with Crippen LogP contribution in [0.25, 0.3) is 0 Å². The molecule has 0 amide bonds. The topological polar surface area (TPSA) is 21.3 Å². The molecule has 0 aromatic heterocycles. The van der Waals surface area contributed by atoms with Crippen LogP contribution in [0.1, 0.15) is 5.56 Å². The Morgan fingerprint density at radius 1 is 1.05 bits per heavy atom. The van der Waals surface area contributed by atoms with E-state index < -0.39 is 24.5 Å². The molecule has 0 radical (unpaired) electrons. The first-order valence-corrected chi connectivity index (χ1v) is 6.13. The van der Waals surface area contributed by atoms with Gasteiger partial charge in [-0.25, -0.2) is 0 Å². The lowest BCUT2D eigenvalue weighted by Crippen LogP contribution is -2.20. The third kappa shape index (κ3) is 6.47. The molecule has 114 valence electrons. The number of hydrogen-bond acceptors (Lipinski definition) is 2. The van der Waals surface area contributed by atoms with Gasteiger partial charge in [0.1, 0.15) is 6.61 Å². The molecule has 1 rings (SSSR count). The Morgan fingerprint density at radius 3 is 2.25 bits per heavy atom. The second-order valence-electron chi connectivity index (χ2n) is 3.82. The van der Waals surface area contributed by atoms with E-state index in [-0.39, 0.29) is 23.3 Å². The average Bonchev–Trinajstić information content (AvgIpc) is 2.25. The zero-order valence-electron chi connectivity index (χ0n) is 9.91. The van der Waals surface area contributed by atoms with Crippen molar-refractivity contribution >= 4 is 21.6 Å². The molecule has 0 spiro atoms. The molecule has 0 aliphatic carbocycles. The van der Waals surface area contributed by atoms with Crippen molar-refractivity contribution in [2.24, 2.45) is 0 Å². The SMILES string of the molecule is FC(F)(F)COCCNc1cc(Br)cc(C(F)(F)F)c1. The molecule has 2 nitrogen and oxygen atoms in total. The van der Waals surface area contributed by atoms with Gasteiger partial charge in [0.15, 0.2) is 0 Å².